The SMILES string of the molecule is Cc1ccc(C(CCC2CCCCO2)NN)cc1. The Kier molecular flexibility index (Phi) is 5.17. The normalized spacial score (nSPS) is 21.8. The van der Waals surface area contributed by atoms with E-state index in [0.717, 1.165) is 19.4 Å². The van der Waals surface area contributed by atoms with E-state index in [1.54, 1.807) is 0 Å². The molecule has 0 aromatic heterocycles. The van der Waals surface area contributed by atoms with Crippen LogP contribution in [0.5, 0.6) is 0 Å². The largest absolute Gasteiger partial charge is 0.378 e. The van der Waals surface area contributed by atoms with Gasteiger partial charge in [-0.3, -0.25) is 11.3 Å². The molecular weight excluding hydrogens is 224 g/mol. The van der Waals surface area contributed by atoms with E-state index in [1.807, 2.05) is 0 Å². The van der Waals surface area contributed by atoms with Crippen LogP contribution in [0.15, 0.2) is 24.3 Å². The highest BCUT2D eigenvalue weighted by atomic mass is 16.5. The quantitative estimate of drug-likeness (QED) is 0.622. The van der Waals surface area contributed by atoms with E-state index in [9.17, 15) is 0 Å². The van der Waals surface area contributed by atoms with Gasteiger partial charge in [0, 0.05) is 12.6 Å². The second kappa shape index (κ2) is 6.88. The van der Waals surface area contributed by atoms with Gasteiger partial charge in [0.1, 0.15) is 0 Å². The summed E-state index contributed by atoms with van der Waals surface area (Å²) in [5.41, 5.74) is 5.47. The first kappa shape index (κ1) is 13.5. The summed E-state index contributed by atoms with van der Waals surface area (Å²) in [6, 6.07) is 8.81. The lowest BCUT2D eigenvalue weighted by Gasteiger charge is -2.25. The van der Waals surface area contributed by atoms with Gasteiger partial charge in [-0.15, -0.1) is 0 Å². The molecule has 2 unspecified atom stereocenters. The van der Waals surface area contributed by atoms with Crippen LogP contribution in [0, 0.1) is 6.92 Å². The average Bonchev–Trinajstić information content (AvgIpc) is 2.42. The lowest BCUT2D eigenvalue weighted by atomic mass is 9.97. The third-order valence-corrected chi connectivity index (χ3v) is 3.73. The smallest absolute Gasteiger partial charge is 0.0575 e. The van der Waals surface area contributed by atoms with Crippen molar-refractivity contribution in [2.45, 2.75) is 51.2 Å². The highest BCUT2D eigenvalue weighted by Crippen LogP contribution is 2.23. The fourth-order valence-corrected chi connectivity index (χ4v) is 2.53. The van der Waals surface area contributed by atoms with Gasteiger partial charge < -0.3 is 4.74 Å². The number of hydrogen-bond donors (Lipinski definition) is 2. The van der Waals surface area contributed by atoms with Gasteiger partial charge in [0.25, 0.3) is 0 Å². The Morgan fingerprint density at radius 3 is 2.72 bits per heavy atom. The van der Waals surface area contributed by atoms with E-state index in [2.05, 4.69) is 36.6 Å². The van der Waals surface area contributed by atoms with E-state index in [1.165, 1.54) is 30.4 Å². The molecule has 1 aliphatic rings. The molecule has 0 aliphatic carbocycles. The van der Waals surface area contributed by atoms with Gasteiger partial charge in [-0.2, -0.15) is 0 Å². The molecule has 1 aromatic rings. The molecule has 0 saturated carbocycles. The molecule has 0 bridgehead atoms. The number of ether oxygens (including phenoxy) is 1. The molecule has 3 N–H and O–H groups in total. The average molecular weight is 248 g/mol. The molecule has 0 amide bonds. The summed E-state index contributed by atoms with van der Waals surface area (Å²) in [5, 5.41) is 0. The highest BCUT2D eigenvalue weighted by molar-refractivity contribution is 5.23. The van der Waals surface area contributed by atoms with Crippen LogP contribution < -0.4 is 11.3 Å². The Balaban J connectivity index is 1.86. The Bertz CT molecular complexity index is 344. The van der Waals surface area contributed by atoms with Crippen LogP contribution in [0.1, 0.15) is 49.3 Å². The van der Waals surface area contributed by atoms with Crippen LogP contribution in [0.2, 0.25) is 0 Å². The van der Waals surface area contributed by atoms with Crippen molar-refractivity contribution in [1.29, 1.82) is 0 Å². The predicted octanol–water partition coefficient (Wildman–Crippen LogP) is 2.85. The fourth-order valence-electron chi connectivity index (χ4n) is 2.53. The van der Waals surface area contributed by atoms with Crippen LogP contribution in [-0.4, -0.2) is 12.7 Å². The molecule has 1 aromatic carbocycles. The second-order valence-corrected chi connectivity index (χ2v) is 5.20. The molecular formula is C15H24N2O. The van der Waals surface area contributed by atoms with E-state index >= 15 is 0 Å². The molecule has 3 heteroatoms. The first-order valence-electron chi connectivity index (χ1n) is 6.94. The number of rotatable bonds is 5. The zero-order valence-corrected chi connectivity index (χ0v) is 11.2. The molecule has 0 spiro atoms. The van der Waals surface area contributed by atoms with E-state index in [-0.39, 0.29) is 6.04 Å². The molecule has 0 radical (unpaired) electrons. The number of hydrogen-bond acceptors (Lipinski definition) is 3. The van der Waals surface area contributed by atoms with Crippen LogP contribution in [0.3, 0.4) is 0 Å². The molecule has 2 rings (SSSR count). The first-order valence-corrected chi connectivity index (χ1v) is 6.94. The van der Waals surface area contributed by atoms with Crippen molar-refractivity contribution in [1.82, 2.24) is 5.43 Å². The molecule has 18 heavy (non-hydrogen) atoms. The standard InChI is InChI=1S/C15H24N2O/c1-12-5-7-13(8-6-12)15(17-16)10-9-14-4-2-3-11-18-14/h5-8,14-15,17H,2-4,9-11,16H2,1H3. The van der Waals surface area contributed by atoms with E-state index < -0.39 is 0 Å². The van der Waals surface area contributed by atoms with Crippen LogP contribution in [0.25, 0.3) is 0 Å². The molecule has 1 saturated heterocycles. The maximum atomic E-state index is 5.76. The lowest BCUT2D eigenvalue weighted by Crippen LogP contribution is -2.29. The summed E-state index contributed by atoms with van der Waals surface area (Å²) in [7, 11) is 0. The van der Waals surface area contributed by atoms with Gasteiger partial charge in [0.15, 0.2) is 0 Å². The summed E-state index contributed by atoms with van der Waals surface area (Å²) in [6.07, 6.45) is 6.27. The second-order valence-electron chi connectivity index (χ2n) is 5.20. The number of aryl methyl sites for hydroxylation is 1. The first-order chi connectivity index (χ1) is 8.79. The maximum absolute atomic E-state index is 5.76. The van der Waals surface area contributed by atoms with Crippen molar-refractivity contribution in [3.8, 4) is 0 Å². The van der Waals surface area contributed by atoms with Crippen molar-refractivity contribution in [2.24, 2.45) is 5.84 Å². The monoisotopic (exact) mass is 248 g/mol. The van der Waals surface area contributed by atoms with E-state index in [4.69, 9.17) is 10.6 Å². The Morgan fingerprint density at radius 1 is 1.33 bits per heavy atom. The summed E-state index contributed by atoms with van der Waals surface area (Å²) in [5.74, 6) is 5.67. The van der Waals surface area contributed by atoms with Gasteiger partial charge >= 0.3 is 0 Å². The number of hydrazine groups is 1. The molecule has 1 heterocycles. The van der Waals surface area contributed by atoms with E-state index in [0.29, 0.717) is 6.10 Å². The summed E-state index contributed by atoms with van der Waals surface area (Å²) < 4.78 is 5.76. The molecule has 3 nitrogen and oxygen atoms in total. The van der Waals surface area contributed by atoms with Gasteiger partial charge in [0.2, 0.25) is 0 Å². The Hall–Kier alpha value is -0.900. The van der Waals surface area contributed by atoms with Crippen LogP contribution >= 0.6 is 0 Å². The highest BCUT2D eigenvalue weighted by Gasteiger charge is 2.17. The molecule has 1 aliphatic heterocycles. The Labute approximate surface area is 110 Å². The molecule has 100 valence electrons. The zero-order chi connectivity index (χ0) is 12.8. The minimum atomic E-state index is 0.233. The predicted molar refractivity (Wildman–Crippen MR) is 74.1 cm³/mol. The lowest BCUT2D eigenvalue weighted by molar-refractivity contribution is 0.00854. The topological polar surface area (TPSA) is 47.3 Å². The number of benzene rings is 1. The van der Waals surface area contributed by atoms with Gasteiger partial charge in [-0.25, -0.2) is 0 Å². The zero-order valence-electron chi connectivity index (χ0n) is 11.2. The summed E-state index contributed by atoms with van der Waals surface area (Å²) in [6.45, 7) is 3.03. The van der Waals surface area contributed by atoms with Crippen molar-refractivity contribution in [2.75, 3.05) is 6.61 Å². The van der Waals surface area contributed by atoms with Gasteiger partial charge in [-0.05, 0) is 44.6 Å². The number of nitrogens with two attached hydrogens (primary N) is 1. The minimum absolute atomic E-state index is 0.233. The number of nitrogens with one attached hydrogen (secondary N) is 1. The maximum Gasteiger partial charge on any atom is 0.0575 e. The summed E-state index contributed by atoms with van der Waals surface area (Å²) >= 11 is 0. The third kappa shape index (κ3) is 3.80. The van der Waals surface area contributed by atoms with Crippen molar-refractivity contribution >= 4 is 0 Å². The van der Waals surface area contributed by atoms with Crippen LogP contribution in [-0.2, 0) is 4.74 Å². The van der Waals surface area contributed by atoms with Gasteiger partial charge in [0.05, 0.1) is 6.10 Å². The third-order valence-electron chi connectivity index (χ3n) is 3.73. The Morgan fingerprint density at radius 2 is 2.11 bits per heavy atom. The molecule has 2 atom stereocenters. The van der Waals surface area contributed by atoms with Gasteiger partial charge in [-0.1, -0.05) is 29.8 Å². The minimum Gasteiger partial charge on any atom is -0.378 e. The van der Waals surface area contributed by atoms with Crippen molar-refractivity contribution in [3.05, 3.63) is 35.4 Å². The summed E-state index contributed by atoms with van der Waals surface area (Å²) in [4.78, 5) is 0. The van der Waals surface area contributed by atoms with Crippen molar-refractivity contribution < 1.29 is 4.74 Å². The molecule has 1 fully saturated rings. The van der Waals surface area contributed by atoms with Crippen LogP contribution in [0.4, 0.5) is 0 Å². The fraction of sp³-hybridized carbons (Fsp3) is 0.600. The van der Waals surface area contributed by atoms with Crippen molar-refractivity contribution in [3.63, 3.8) is 0 Å².